The summed E-state index contributed by atoms with van der Waals surface area (Å²) in [5, 5.41) is 3.43. The van der Waals surface area contributed by atoms with Gasteiger partial charge in [-0.1, -0.05) is 30.3 Å². The molecule has 2 N–H and O–H groups in total. The molecule has 1 aromatic carbocycles. The summed E-state index contributed by atoms with van der Waals surface area (Å²) in [6.45, 7) is 6.86. The van der Waals surface area contributed by atoms with Crippen LogP contribution >= 0.6 is 0 Å². The predicted molar refractivity (Wildman–Crippen MR) is 93.8 cm³/mol. The van der Waals surface area contributed by atoms with Gasteiger partial charge in [0.2, 0.25) is 0 Å². The first-order valence-electron chi connectivity index (χ1n) is 8.69. The molecule has 3 atom stereocenters. The van der Waals surface area contributed by atoms with Crippen molar-refractivity contribution in [2.75, 3.05) is 19.6 Å². The number of morpholine rings is 1. The average molecular weight is 360 g/mol. The highest BCUT2D eigenvalue weighted by Gasteiger charge is 2.50. The van der Waals surface area contributed by atoms with Crippen LogP contribution in [0.4, 0.5) is 4.79 Å². The molecular formula is C18H24N4O4. The molecule has 0 bridgehead atoms. The van der Waals surface area contributed by atoms with Gasteiger partial charge < -0.3 is 10.1 Å². The molecule has 0 radical (unpaired) electrons. The van der Waals surface area contributed by atoms with Gasteiger partial charge in [0, 0.05) is 13.1 Å². The van der Waals surface area contributed by atoms with E-state index in [4.69, 9.17) is 4.74 Å². The number of hydrogen-bond acceptors (Lipinski definition) is 5. The number of amides is 4. The van der Waals surface area contributed by atoms with Gasteiger partial charge in [0.25, 0.3) is 11.8 Å². The van der Waals surface area contributed by atoms with Gasteiger partial charge in [-0.25, -0.2) is 4.79 Å². The first-order valence-corrected chi connectivity index (χ1v) is 8.69. The summed E-state index contributed by atoms with van der Waals surface area (Å²) < 4.78 is 5.64. The van der Waals surface area contributed by atoms with E-state index in [1.54, 1.807) is 31.2 Å². The molecule has 8 heteroatoms. The number of nitrogens with zero attached hydrogens (tertiary/aromatic N) is 2. The van der Waals surface area contributed by atoms with Crippen molar-refractivity contribution in [3.63, 3.8) is 0 Å². The lowest BCUT2D eigenvalue weighted by atomic mass is 9.92. The minimum Gasteiger partial charge on any atom is -0.373 e. The molecule has 3 rings (SSSR count). The van der Waals surface area contributed by atoms with E-state index in [1.165, 1.54) is 0 Å². The molecule has 0 aromatic heterocycles. The number of hydrazine groups is 1. The molecule has 140 valence electrons. The Balaban J connectivity index is 1.65. The number of ether oxygens (including phenoxy) is 1. The van der Waals surface area contributed by atoms with Gasteiger partial charge in [-0.2, -0.15) is 5.01 Å². The minimum absolute atomic E-state index is 0.0321. The smallest absolute Gasteiger partial charge is 0.344 e. The molecule has 26 heavy (non-hydrogen) atoms. The standard InChI is InChI=1S/C18H24N4O4/c1-12-9-21(10-13(2)26-12)11-15(23)20-22-16(24)18(3,19-17(22)25)14-7-5-4-6-8-14/h4-8,12-13H,9-11H2,1-3H3,(H,19,25)(H,20,23)/t12-,13+,18-/m1/s1. The largest absolute Gasteiger partial charge is 0.373 e. The normalized spacial score (nSPS) is 29.6. The Morgan fingerprint density at radius 1 is 1.23 bits per heavy atom. The maximum atomic E-state index is 12.8. The van der Waals surface area contributed by atoms with Crippen molar-refractivity contribution >= 4 is 17.8 Å². The Bertz CT molecular complexity index is 700. The lowest BCUT2D eigenvalue weighted by Crippen LogP contribution is -2.53. The summed E-state index contributed by atoms with van der Waals surface area (Å²) in [5.41, 5.74) is 1.89. The van der Waals surface area contributed by atoms with Crippen LogP contribution in [0.15, 0.2) is 30.3 Å². The van der Waals surface area contributed by atoms with Crippen molar-refractivity contribution in [1.82, 2.24) is 20.7 Å². The number of hydrogen-bond donors (Lipinski definition) is 2. The van der Waals surface area contributed by atoms with E-state index in [0.717, 1.165) is 5.01 Å². The van der Waals surface area contributed by atoms with Crippen molar-refractivity contribution in [2.45, 2.75) is 38.5 Å². The molecule has 0 saturated carbocycles. The van der Waals surface area contributed by atoms with Crippen LogP contribution in [-0.4, -0.2) is 59.6 Å². The second kappa shape index (κ2) is 7.05. The molecule has 8 nitrogen and oxygen atoms in total. The lowest BCUT2D eigenvalue weighted by Gasteiger charge is -2.34. The van der Waals surface area contributed by atoms with E-state index in [9.17, 15) is 14.4 Å². The third-order valence-electron chi connectivity index (χ3n) is 4.64. The SMILES string of the molecule is C[C@@H]1CN(CC(=O)NN2C(=O)N[C@](C)(c3ccccc3)C2=O)C[C@H](C)O1. The molecular weight excluding hydrogens is 336 g/mol. The van der Waals surface area contributed by atoms with Gasteiger partial charge >= 0.3 is 6.03 Å². The first-order chi connectivity index (χ1) is 12.3. The van der Waals surface area contributed by atoms with Gasteiger partial charge in [0.15, 0.2) is 0 Å². The second-order valence-corrected chi connectivity index (χ2v) is 7.05. The Morgan fingerprint density at radius 2 is 1.85 bits per heavy atom. The Hall–Kier alpha value is -2.45. The summed E-state index contributed by atoms with van der Waals surface area (Å²) in [5.74, 6) is -0.919. The van der Waals surface area contributed by atoms with Crippen LogP contribution in [0.5, 0.6) is 0 Å². The molecule has 2 saturated heterocycles. The summed E-state index contributed by atoms with van der Waals surface area (Å²) in [6, 6.07) is 8.31. The predicted octanol–water partition coefficient (Wildman–Crippen LogP) is 0.594. The van der Waals surface area contributed by atoms with Crippen LogP contribution in [0.25, 0.3) is 0 Å². The van der Waals surface area contributed by atoms with Gasteiger partial charge in [-0.3, -0.25) is 19.9 Å². The van der Waals surface area contributed by atoms with Crippen LogP contribution < -0.4 is 10.7 Å². The van der Waals surface area contributed by atoms with E-state index in [0.29, 0.717) is 18.7 Å². The highest BCUT2D eigenvalue weighted by Crippen LogP contribution is 2.27. The van der Waals surface area contributed by atoms with Crippen molar-refractivity contribution in [3.8, 4) is 0 Å². The number of carbonyl (C=O) groups excluding carboxylic acids is 3. The summed E-state index contributed by atoms with van der Waals surface area (Å²) >= 11 is 0. The number of imide groups is 1. The summed E-state index contributed by atoms with van der Waals surface area (Å²) in [6.07, 6.45) is 0.0641. The third-order valence-corrected chi connectivity index (χ3v) is 4.64. The van der Waals surface area contributed by atoms with Crippen LogP contribution in [0.1, 0.15) is 26.3 Å². The van der Waals surface area contributed by atoms with E-state index in [-0.39, 0.29) is 18.8 Å². The number of benzene rings is 1. The zero-order chi connectivity index (χ0) is 18.9. The number of urea groups is 1. The van der Waals surface area contributed by atoms with Crippen LogP contribution in [0.3, 0.4) is 0 Å². The van der Waals surface area contributed by atoms with Crippen molar-refractivity contribution in [1.29, 1.82) is 0 Å². The van der Waals surface area contributed by atoms with Crippen LogP contribution in [0.2, 0.25) is 0 Å². The maximum absolute atomic E-state index is 12.8. The molecule has 0 aliphatic carbocycles. The highest BCUT2D eigenvalue weighted by molar-refractivity contribution is 6.08. The Labute approximate surface area is 152 Å². The Kier molecular flexibility index (Phi) is 4.97. The molecule has 0 unspecified atom stereocenters. The minimum atomic E-state index is -1.20. The van der Waals surface area contributed by atoms with E-state index < -0.39 is 23.4 Å². The number of nitrogens with one attached hydrogen (secondary N) is 2. The molecule has 2 aliphatic rings. The molecule has 2 fully saturated rings. The van der Waals surface area contributed by atoms with Gasteiger partial charge in [-0.15, -0.1) is 0 Å². The number of rotatable bonds is 4. The van der Waals surface area contributed by atoms with Crippen molar-refractivity contribution < 1.29 is 19.1 Å². The van der Waals surface area contributed by atoms with Crippen LogP contribution in [0, 0.1) is 0 Å². The summed E-state index contributed by atoms with van der Waals surface area (Å²) in [4.78, 5) is 39.3. The quantitative estimate of drug-likeness (QED) is 0.767. The molecule has 0 spiro atoms. The monoisotopic (exact) mass is 360 g/mol. The fourth-order valence-corrected chi connectivity index (χ4v) is 3.48. The number of carbonyl (C=O) groups is 3. The topological polar surface area (TPSA) is 91.0 Å². The molecule has 4 amide bonds. The van der Waals surface area contributed by atoms with E-state index >= 15 is 0 Å². The van der Waals surface area contributed by atoms with Crippen LogP contribution in [-0.2, 0) is 19.9 Å². The molecule has 2 heterocycles. The third kappa shape index (κ3) is 3.56. The van der Waals surface area contributed by atoms with Crippen molar-refractivity contribution in [3.05, 3.63) is 35.9 Å². The maximum Gasteiger partial charge on any atom is 0.344 e. The van der Waals surface area contributed by atoms with Gasteiger partial charge in [0.05, 0.1) is 18.8 Å². The lowest BCUT2D eigenvalue weighted by molar-refractivity contribution is -0.140. The average Bonchev–Trinajstić information content (AvgIpc) is 2.79. The Morgan fingerprint density at radius 3 is 2.46 bits per heavy atom. The fourth-order valence-electron chi connectivity index (χ4n) is 3.48. The molecule has 2 aliphatic heterocycles. The van der Waals surface area contributed by atoms with E-state index in [1.807, 2.05) is 24.8 Å². The zero-order valence-electron chi connectivity index (χ0n) is 15.2. The molecule has 1 aromatic rings. The second-order valence-electron chi connectivity index (χ2n) is 7.05. The van der Waals surface area contributed by atoms with E-state index in [2.05, 4.69) is 10.7 Å². The van der Waals surface area contributed by atoms with Gasteiger partial charge in [-0.05, 0) is 26.3 Å². The highest BCUT2D eigenvalue weighted by atomic mass is 16.5. The zero-order valence-corrected chi connectivity index (χ0v) is 15.2. The van der Waals surface area contributed by atoms with Gasteiger partial charge in [0.1, 0.15) is 5.54 Å². The summed E-state index contributed by atoms with van der Waals surface area (Å²) in [7, 11) is 0. The first kappa shape index (κ1) is 18.3. The van der Waals surface area contributed by atoms with Crippen molar-refractivity contribution in [2.24, 2.45) is 0 Å². The fraction of sp³-hybridized carbons (Fsp3) is 0.500.